The van der Waals surface area contributed by atoms with Gasteiger partial charge in [-0.05, 0) is 45.9 Å². The van der Waals surface area contributed by atoms with Crippen LogP contribution in [0.3, 0.4) is 0 Å². The molecule has 0 aliphatic carbocycles. The summed E-state index contributed by atoms with van der Waals surface area (Å²) in [6.45, 7) is 8.93. The lowest BCUT2D eigenvalue weighted by molar-refractivity contribution is 0.421. The number of aryl methyl sites for hydroxylation is 1. The van der Waals surface area contributed by atoms with E-state index in [4.69, 9.17) is 11.6 Å². The molecule has 2 aromatic heterocycles. The molecule has 0 spiro atoms. The zero-order valence-corrected chi connectivity index (χ0v) is 12.5. The molecule has 0 atom stereocenters. The van der Waals surface area contributed by atoms with Crippen molar-refractivity contribution in [2.45, 2.75) is 39.8 Å². The summed E-state index contributed by atoms with van der Waals surface area (Å²) in [6, 6.07) is 5.68. The molecular formula is C14H19ClN4. The summed E-state index contributed by atoms with van der Waals surface area (Å²) in [6.07, 6.45) is 1.90. The van der Waals surface area contributed by atoms with E-state index in [0.29, 0.717) is 11.6 Å². The Labute approximate surface area is 118 Å². The first kappa shape index (κ1) is 14.0. The number of rotatable bonds is 3. The largest absolute Gasteiger partial charge is 0.306 e. The lowest BCUT2D eigenvalue weighted by Crippen LogP contribution is -2.35. The number of hydrogen-bond acceptors (Lipinski definition) is 3. The predicted molar refractivity (Wildman–Crippen MR) is 77.7 cm³/mol. The molecule has 2 heterocycles. The Hall–Kier alpha value is -1.39. The van der Waals surface area contributed by atoms with Crippen LogP contribution in [0.15, 0.2) is 24.4 Å². The van der Waals surface area contributed by atoms with Crippen LogP contribution in [-0.4, -0.2) is 20.3 Å². The average molecular weight is 279 g/mol. The lowest BCUT2D eigenvalue weighted by Gasteiger charge is -2.20. The van der Waals surface area contributed by atoms with Gasteiger partial charge in [-0.25, -0.2) is 9.67 Å². The molecule has 0 fully saturated rings. The summed E-state index contributed by atoms with van der Waals surface area (Å²) in [5.74, 6) is 0.781. The van der Waals surface area contributed by atoms with E-state index < -0.39 is 0 Å². The van der Waals surface area contributed by atoms with E-state index in [1.165, 1.54) is 0 Å². The second-order valence-corrected chi connectivity index (χ2v) is 6.01. The molecule has 0 aromatic carbocycles. The van der Waals surface area contributed by atoms with Gasteiger partial charge in [-0.3, -0.25) is 0 Å². The highest BCUT2D eigenvalue weighted by Crippen LogP contribution is 2.17. The standard InChI is InChI=1S/C14H19ClN4/c1-10-7-8-19(18-10)13-6-5-11(15)12(17-13)9-16-14(2,3)4/h5-8,16H,9H2,1-4H3. The van der Waals surface area contributed by atoms with Gasteiger partial charge in [0.25, 0.3) is 0 Å². The fourth-order valence-corrected chi connectivity index (χ4v) is 1.79. The quantitative estimate of drug-likeness (QED) is 0.938. The molecule has 19 heavy (non-hydrogen) atoms. The predicted octanol–water partition coefficient (Wildman–Crippen LogP) is 3.12. The summed E-state index contributed by atoms with van der Waals surface area (Å²) in [5, 5.41) is 8.41. The van der Waals surface area contributed by atoms with Crippen molar-refractivity contribution in [3.8, 4) is 5.82 Å². The van der Waals surface area contributed by atoms with E-state index >= 15 is 0 Å². The van der Waals surface area contributed by atoms with Gasteiger partial charge in [0.05, 0.1) is 16.4 Å². The summed E-state index contributed by atoms with van der Waals surface area (Å²) >= 11 is 6.19. The maximum absolute atomic E-state index is 6.19. The summed E-state index contributed by atoms with van der Waals surface area (Å²) < 4.78 is 1.76. The van der Waals surface area contributed by atoms with Crippen molar-refractivity contribution in [3.63, 3.8) is 0 Å². The van der Waals surface area contributed by atoms with Crippen molar-refractivity contribution in [2.24, 2.45) is 0 Å². The number of halogens is 1. The van der Waals surface area contributed by atoms with Gasteiger partial charge in [0, 0.05) is 18.3 Å². The van der Waals surface area contributed by atoms with E-state index in [9.17, 15) is 0 Å². The lowest BCUT2D eigenvalue weighted by atomic mass is 10.1. The van der Waals surface area contributed by atoms with Crippen molar-refractivity contribution in [3.05, 3.63) is 40.8 Å². The van der Waals surface area contributed by atoms with Crippen molar-refractivity contribution >= 4 is 11.6 Å². The minimum absolute atomic E-state index is 0.0311. The minimum Gasteiger partial charge on any atom is -0.306 e. The zero-order chi connectivity index (χ0) is 14.0. The molecular weight excluding hydrogens is 260 g/mol. The van der Waals surface area contributed by atoms with Crippen molar-refractivity contribution in [2.75, 3.05) is 0 Å². The first-order valence-electron chi connectivity index (χ1n) is 6.28. The molecule has 0 radical (unpaired) electrons. The van der Waals surface area contributed by atoms with Gasteiger partial charge in [0.15, 0.2) is 5.82 Å². The molecule has 0 aliphatic rings. The third-order valence-corrected chi connectivity index (χ3v) is 2.99. The summed E-state index contributed by atoms with van der Waals surface area (Å²) in [7, 11) is 0. The van der Waals surface area contributed by atoms with Gasteiger partial charge in [0.2, 0.25) is 0 Å². The van der Waals surface area contributed by atoms with Crippen LogP contribution in [0.1, 0.15) is 32.2 Å². The highest BCUT2D eigenvalue weighted by atomic mass is 35.5. The van der Waals surface area contributed by atoms with Crippen LogP contribution in [0, 0.1) is 6.92 Å². The second kappa shape index (κ2) is 5.31. The highest BCUT2D eigenvalue weighted by Gasteiger charge is 2.12. The Balaban J connectivity index is 2.24. The SMILES string of the molecule is Cc1ccn(-c2ccc(Cl)c(CNC(C)(C)C)n2)n1. The first-order valence-corrected chi connectivity index (χ1v) is 6.66. The fraction of sp³-hybridized carbons (Fsp3) is 0.429. The van der Waals surface area contributed by atoms with Crippen LogP contribution >= 0.6 is 11.6 Å². The van der Waals surface area contributed by atoms with E-state index in [1.54, 1.807) is 4.68 Å². The Bertz CT molecular complexity index is 569. The Morgan fingerprint density at radius 3 is 2.58 bits per heavy atom. The topological polar surface area (TPSA) is 42.7 Å². The summed E-state index contributed by atoms with van der Waals surface area (Å²) in [4.78, 5) is 4.56. The second-order valence-electron chi connectivity index (χ2n) is 5.60. The third kappa shape index (κ3) is 3.78. The molecule has 0 bridgehead atoms. The molecule has 0 aliphatic heterocycles. The number of pyridine rings is 1. The molecule has 0 unspecified atom stereocenters. The first-order chi connectivity index (χ1) is 8.85. The van der Waals surface area contributed by atoms with Gasteiger partial charge >= 0.3 is 0 Å². The smallest absolute Gasteiger partial charge is 0.153 e. The van der Waals surface area contributed by atoms with Crippen molar-refractivity contribution in [1.82, 2.24) is 20.1 Å². The molecule has 0 saturated carbocycles. The molecule has 102 valence electrons. The van der Waals surface area contributed by atoms with E-state index in [2.05, 4.69) is 36.2 Å². The highest BCUT2D eigenvalue weighted by molar-refractivity contribution is 6.31. The normalized spacial score (nSPS) is 11.8. The Kier molecular flexibility index (Phi) is 3.92. The maximum Gasteiger partial charge on any atom is 0.153 e. The van der Waals surface area contributed by atoms with Gasteiger partial charge in [0.1, 0.15) is 0 Å². The number of nitrogens with one attached hydrogen (secondary N) is 1. The molecule has 1 N–H and O–H groups in total. The number of hydrogen-bond donors (Lipinski definition) is 1. The molecule has 2 rings (SSSR count). The molecule has 5 heteroatoms. The maximum atomic E-state index is 6.19. The fourth-order valence-electron chi connectivity index (χ4n) is 1.62. The van der Waals surface area contributed by atoms with Crippen LogP contribution in [-0.2, 0) is 6.54 Å². The van der Waals surface area contributed by atoms with Crippen LogP contribution < -0.4 is 5.32 Å². The average Bonchev–Trinajstić information content (AvgIpc) is 2.74. The van der Waals surface area contributed by atoms with E-state index in [-0.39, 0.29) is 5.54 Å². The Morgan fingerprint density at radius 1 is 1.26 bits per heavy atom. The minimum atomic E-state index is 0.0311. The van der Waals surface area contributed by atoms with Crippen LogP contribution in [0.25, 0.3) is 5.82 Å². The van der Waals surface area contributed by atoms with Gasteiger partial charge in [-0.15, -0.1) is 0 Å². The Morgan fingerprint density at radius 2 is 2.00 bits per heavy atom. The van der Waals surface area contributed by atoms with Crippen molar-refractivity contribution < 1.29 is 0 Å². The number of aromatic nitrogens is 3. The molecule has 2 aromatic rings. The zero-order valence-electron chi connectivity index (χ0n) is 11.7. The van der Waals surface area contributed by atoms with Gasteiger partial charge in [-0.2, -0.15) is 5.10 Å². The van der Waals surface area contributed by atoms with Crippen LogP contribution in [0.2, 0.25) is 5.02 Å². The van der Waals surface area contributed by atoms with Gasteiger partial charge in [-0.1, -0.05) is 11.6 Å². The monoisotopic (exact) mass is 278 g/mol. The molecule has 0 amide bonds. The number of nitrogens with zero attached hydrogens (tertiary/aromatic N) is 3. The van der Waals surface area contributed by atoms with E-state index in [0.717, 1.165) is 17.2 Å². The van der Waals surface area contributed by atoms with Crippen molar-refractivity contribution in [1.29, 1.82) is 0 Å². The van der Waals surface area contributed by atoms with E-state index in [1.807, 2.05) is 31.3 Å². The van der Waals surface area contributed by atoms with Crippen LogP contribution in [0.5, 0.6) is 0 Å². The summed E-state index contributed by atoms with van der Waals surface area (Å²) in [5.41, 5.74) is 1.83. The molecule has 4 nitrogen and oxygen atoms in total. The molecule has 0 saturated heterocycles. The van der Waals surface area contributed by atoms with Gasteiger partial charge < -0.3 is 5.32 Å². The van der Waals surface area contributed by atoms with Crippen LogP contribution in [0.4, 0.5) is 0 Å². The third-order valence-electron chi connectivity index (χ3n) is 2.65.